The number of carbonyl (C=O) groups is 2. The van der Waals surface area contributed by atoms with Crippen molar-refractivity contribution in [2.75, 3.05) is 12.0 Å². The van der Waals surface area contributed by atoms with Crippen LogP contribution in [0.1, 0.15) is 54.3 Å². The van der Waals surface area contributed by atoms with Crippen LogP contribution in [0.15, 0.2) is 77.4 Å². The van der Waals surface area contributed by atoms with Gasteiger partial charge in [0.2, 0.25) is 5.91 Å². The minimum Gasteiger partial charge on any atom is -0.497 e. The number of anilines is 1. The number of hydrogen-bond acceptors (Lipinski definition) is 4. The first-order chi connectivity index (χ1) is 15.7. The lowest BCUT2D eigenvalue weighted by Gasteiger charge is -2.33. The lowest BCUT2D eigenvalue weighted by molar-refractivity contribution is -0.123. The Morgan fingerprint density at radius 1 is 0.969 bits per heavy atom. The van der Waals surface area contributed by atoms with E-state index in [1.807, 2.05) is 30.3 Å². The summed E-state index contributed by atoms with van der Waals surface area (Å²) in [7, 11) is 1.59. The van der Waals surface area contributed by atoms with Crippen molar-refractivity contribution < 1.29 is 18.7 Å². The number of carbonyl (C=O) groups excluding carboxylic acids is 2. The van der Waals surface area contributed by atoms with Crippen LogP contribution in [0.5, 0.6) is 5.75 Å². The van der Waals surface area contributed by atoms with Crippen molar-refractivity contribution in [3.05, 3.63) is 84.3 Å². The molecule has 0 saturated heterocycles. The Morgan fingerprint density at radius 3 is 2.31 bits per heavy atom. The van der Waals surface area contributed by atoms with Gasteiger partial charge in [0.25, 0.3) is 5.91 Å². The Labute approximate surface area is 188 Å². The van der Waals surface area contributed by atoms with Crippen LogP contribution in [0.25, 0.3) is 0 Å². The molecule has 0 radical (unpaired) electrons. The fraction of sp³-hybridized carbons (Fsp3) is 0.308. The summed E-state index contributed by atoms with van der Waals surface area (Å²) in [4.78, 5) is 28.8. The van der Waals surface area contributed by atoms with Gasteiger partial charge in [0, 0.05) is 11.7 Å². The minimum absolute atomic E-state index is 0.124. The van der Waals surface area contributed by atoms with Crippen LogP contribution >= 0.6 is 0 Å². The van der Waals surface area contributed by atoms with Crippen LogP contribution in [0.4, 0.5) is 5.69 Å². The molecule has 1 fully saturated rings. The molecule has 0 bridgehead atoms. The number of furan rings is 1. The molecular formula is C26H28N2O4. The molecule has 0 aliphatic heterocycles. The van der Waals surface area contributed by atoms with Crippen molar-refractivity contribution in [1.29, 1.82) is 0 Å². The minimum atomic E-state index is -0.843. The first-order valence-electron chi connectivity index (χ1n) is 11.0. The zero-order valence-corrected chi connectivity index (χ0v) is 18.2. The number of amides is 2. The number of nitrogens with one attached hydrogen (secondary N) is 1. The van der Waals surface area contributed by atoms with Crippen molar-refractivity contribution in [3.63, 3.8) is 0 Å². The van der Waals surface area contributed by atoms with Crippen LogP contribution in [-0.4, -0.2) is 25.0 Å². The molecule has 1 aromatic heterocycles. The molecule has 2 amide bonds. The van der Waals surface area contributed by atoms with E-state index in [-0.39, 0.29) is 23.6 Å². The Kier molecular flexibility index (Phi) is 6.90. The summed E-state index contributed by atoms with van der Waals surface area (Å²) in [5, 5.41) is 3.20. The summed E-state index contributed by atoms with van der Waals surface area (Å²) in [6.45, 7) is 0. The molecule has 6 heteroatoms. The van der Waals surface area contributed by atoms with E-state index in [9.17, 15) is 9.59 Å². The Morgan fingerprint density at radius 2 is 1.69 bits per heavy atom. The number of hydrogen-bond donors (Lipinski definition) is 1. The molecule has 0 spiro atoms. The van der Waals surface area contributed by atoms with Gasteiger partial charge in [-0.15, -0.1) is 0 Å². The molecule has 6 nitrogen and oxygen atoms in total. The van der Waals surface area contributed by atoms with Crippen molar-refractivity contribution in [1.82, 2.24) is 5.32 Å². The second kappa shape index (κ2) is 10.2. The maximum Gasteiger partial charge on any atom is 0.294 e. The zero-order valence-electron chi connectivity index (χ0n) is 18.2. The summed E-state index contributed by atoms with van der Waals surface area (Å²) in [6.07, 6.45) is 6.79. The van der Waals surface area contributed by atoms with E-state index < -0.39 is 6.04 Å². The highest BCUT2D eigenvalue weighted by atomic mass is 16.5. The van der Waals surface area contributed by atoms with Crippen LogP contribution < -0.4 is 15.0 Å². The highest BCUT2D eigenvalue weighted by Gasteiger charge is 2.35. The number of ether oxygens (including phenoxy) is 1. The highest BCUT2D eigenvalue weighted by Crippen LogP contribution is 2.32. The number of methoxy groups -OCH3 is 1. The standard InChI is InChI=1S/C26H28N2O4/c1-31-22-16-14-21(15-17-22)28(26(30)23-13-8-18-32-23)24(19-9-4-2-5-10-19)25(29)27-20-11-6-3-7-12-20/h2,4-5,8-10,13-18,20,24H,3,6-7,11-12H2,1H3,(H,27,29)/t24-/m0/s1. The predicted molar refractivity (Wildman–Crippen MR) is 123 cm³/mol. The Bertz CT molecular complexity index is 1010. The van der Waals surface area contributed by atoms with Gasteiger partial charge >= 0.3 is 0 Å². The van der Waals surface area contributed by atoms with E-state index in [4.69, 9.17) is 9.15 Å². The van der Waals surface area contributed by atoms with Gasteiger partial charge in [0.05, 0.1) is 13.4 Å². The van der Waals surface area contributed by atoms with E-state index in [0.29, 0.717) is 11.4 Å². The average Bonchev–Trinajstić information content (AvgIpc) is 3.38. The second-order valence-corrected chi connectivity index (χ2v) is 8.01. The van der Waals surface area contributed by atoms with E-state index >= 15 is 0 Å². The van der Waals surface area contributed by atoms with E-state index in [2.05, 4.69) is 5.32 Å². The van der Waals surface area contributed by atoms with E-state index in [1.54, 1.807) is 43.5 Å². The first-order valence-corrected chi connectivity index (χ1v) is 11.0. The molecule has 32 heavy (non-hydrogen) atoms. The number of benzene rings is 2. The van der Waals surface area contributed by atoms with Gasteiger partial charge in [-0.25, -0.2) is 0 Å². The van der Waals surface area contributed by atoms with Gasteiger partial charge in [-0.2, -0.15) is 0 Å². The van der Waals surface area contributed by atoms with Gasteiger partial charge in [-0.3, -0.25) is 14.5 Å². The third-order valence-electron chi connectivity index (χ3n) is 5.87. The van der Waals surface area contributed by atoms with Crippen molar-refractivity contribution >= 4 is 17.5 Å². The van der Waals surface area contributed by atoms with E-state index in [0.717, 1.165) is 31.2 Å². The molecule has 3 aromatic rings. The molecule has 4 rings (SSSR count). The SMILES string of the molecule is COc1ccc(N(C(=O)c2ccco2)[C@H](C(=O)NC2CCCCC2)c2ccccc2)cc1. The van der Waals surface area contributed by atoms with Gasteiger partial charge in [-0.1, -0.05) is 49.6 Å². The molecule has 1 atom stereocenters. The maximum atomic E-state index is 13.7. The fourth-order valence-electron chi connectivity index (χ4n) is 4.23. The smallest absolute Gasteiger partial charge is 0.294 e. The summed E-state index contributed by atoms with van der Waals surface area (Å²) in [5.74, 6) is 0.265. The Hall–Kier alpha value is -3.54. The van der Waals surface area contributed by atoms with E-state index in [1.165, 1.54) is 17.6 Å². The second-order valence-electron chi connectivity index (χ2n) is 8.01. The topological polar surface area (TPSA) is 71.8 Å². The van der Waals surface area contributed by atoms with Gasteiger partial charge in [0.1, 0.15) is 11.8 Å². The van der Waals surface area contributed by atoms with Gasteiger partial charge < -0.3 is 14.5 Å². The van der Waals surface area contributed by atoms with Crippen LogP contribution in [0, 0.1) is 0 Å². The quantitative estimate of drug-likeness (QED) is 0.562. The van der Waals surface area contributed by atoms with Crippen molar-refractivity contribution in [2.45, 2.75) is 44.2 Å². The molecular weight excluding hydrogens is 404 g/mol. The summed E-state index contributed by atoms with van der Waals surface area (Å²) >= 11 is 0. The number of rotatable bonds is 7. The fourth-order valence-corrected chi connectivity index (χ4v) is 4.23. The highest BCUT2D eigenvalue weighted by molar-refractivity contribution is 6.08. The largest absolute Gasteiger partial charge is 0.497 e. The molecule has 0 unspecified atom stereocenters. The van der Waals surface area contributed by atoms with Crippen LogP contribution in [0.2, 0.25) is 0 Å². The molecule has 1 saturated carbocycles. The summed E-state index contributed by atoms with van der Waals surface area (Å²) in [6, 6.07) is 19.1. The van der Waals surface area contributed by atoms with Gasteiger partial charge in [-0.05, 0) is 54.8 Å². The van der Waals surface area contributed by atoms with Crippen LogP contribution in [-0.2, 0) is 4.79 Å². The van der Waals surface area contributed by atoms with Crippen molar-refractivity contribution in [2.24, 2.45) is 0 Å². The van der Waals surface area contributed by atoms with Gasteiger partial charge in [0.15, 0.2) is 5.76 Å². The maximum absolute atomic E-state index is 13.7. The molecule has 1 heterocycles. The molecule has 166 valence electrons. The monoisotopic (exact) mass is 432 g/mol. The lowest BCUT2D eigenvalue weighted by atomic mass is 9.94. The van der Waals surface area contributed by atoms with Crippen LogP contribution in [0.3, 0.4) is 0 Å². The summed E-state index contributed by atoms with van der Waals surface area (Å²) < 4.78 is 10.7. The predicted octanol–water partition coefficient (Wildman–Crippen LogP) is 5.13. The molecule has 1 N–H and O–H groups in total. The Balaban J connectivity index is 1.76. The zero-order chi connectivity index (χ0) is 22.3. The normalized spacial score (nSPS) is 15.0. The first kappa shape index (κ1) is 21.7. The molecule has 1 aliphatic rings. The summed E-state index contributed by atoms with van der Waals surface area (Å²) in [5.41, 5.74) is 1.32. The molecule has 1 aliphatic carbocycles. The third-order valence-corrected chi connectivity index (χ3v) is 5.87. The number of nitrogens with zero attached hydrogens (tertiary/aromatic N) is 1. The third kappa shape index (κ3) is 4.85. The van der Waals surface area contributed by atoms with Crippen molar-refractivity contribution in [3.8, 4) is 5.75 Å². The average molecular weight is 433 g/mol. The lowest BCUT2D eigenvalue weighted by Crippen LogP contribution is -2.47. The molecule has 2 aromatic carbocycles.